The number of rotatable bonds is 6. The number of para-hydroxylation sites is 1. The van der Waals surface area contributed by atoms with Gasteiger partial charge in [-0.15, -0.1) is 10.2 Å². The van der Waals surface area contributed by atoms with Gasteiger partial charge in [0.25, 0.3) is 5.91 Å². The molecule has 130 valence electrons. The molecule has 0 aliphatic heterocycles. The number of hydrogen-bond donors (Lipinski definition) is 1. The lowest BCUT2D eigenvalue weighted by molar-refractivity contribution is 0.0948. The van der Waals surface area contributed by atoms with Gasteiger partial charge in [-0.25, -0.2) is 4.68 Å². The van der Waals surface area contributed by atoms with Gasteiger partial charge in [0.15, 0.2) is 5.69 Å². The Morgan fingerprint density at radius 1 is 1.24 bits per heavy atom. The summed E-state index contributed by atoms with van der Waals surface area (Å²) < 4.78 is 3.77. The predicted octanol–water partition coefficient (Wildman–Crippen LogP) is 2.33. The fraction of sp³-hybridized carbons (Fsp3) is 0.333. The SMILES string of the molecule is Cc1cc(C(=O)NCCc2nncn2C(C)C)nn1-c1ccccc1. The molecule has 1 aromatic carbocycles. The second-order valence-corrected chi connectivity index (χ2v) is 6.17. The molecule has 1 amide bonds. The Kier molecular flexibility index (Phi) is 4.92. The minimum absolute atomic E-state index is 0.187. The van der Waals surface area contributed by atoms with Gasteiger partial charge < -0.3 is 9.88 Å². The Morgan fingerprint density at radius 2 is 2.00 bits per heavy atom. The maximum absolute atomic E-state index is 12.4. The van der Waals surface area contributed by atoms with Gasteiger partial charge in [-0.05, 0) is 39.0 Å². The Labute approximate surface area is 146 Å². The second kappa shape index (κ2) is 7.29. The summed E-state index contributed by atoms with van der Waals surface area (Å²) in [7, 11) is 0. The summed E-state index contributed by atoms with van der Waals surface area (Å²) in [5.74, 6) is 0.676. The van der Waals surface area contributed by atoms with Crippen LogP contribution in [0.2, 0.25) is 0 Å². The van der Waals surface area contributed by atoms with Crippen molar-refractivity contribution in [2.75, 3.05) is 6.54 Å². The zero-order chi connectivity index (χ0) is 17.8. The van der Waals surface area contributed by atoms with E-state index >= 15 is 0 Å². The van der Waals surface area contributed by atoms with E-state index in [1.165, 1.54) is 0 Å². The standard InChI is InChI=1S/C18H22N6O/c1-13(2)23-12-20-21-17(23)9-10-19-18(25)16-11-14(3)24(22-16)15-7-5-4-6-8-15/h4-8,11-13H,9-10H2,1-3H3,(H,19,25). The van der Waals surface area contributed by atoms with Gasteiger partial charge in [-0.1, -0.05) is 18.2 Å². The van der Waals surface area contributed by atoms with E-state index in [4.69, 9.17) is 0 Å². The summed E-state index contributed by atoms with van der Waals surface area (Å²) in [6.45, 7) is 6.57. The molecule has 0 bridgehead atoms. The first-order valence-electron chi connectivity index (χ1n) is 8.35. The molecule has 0 radical (unpaired) electrons. The molecule has 0 aliphatic carbocycles. The summed E-state index contributed by atoms with van der Waals surface area (Å²) in [6.07, 6.45) is 2.34. The van der Waals surface area contributed by atoms with Crippen LogP contribution in [0.1, 0.15) is 41.9 Å². The van der Waals surface area contributed by atoms with E-state index in [1.54, 1.807) is 17.1 Å². The number of amides is 1. The Bertz CT molecular complexity index is 850. The molecular weight excluding hydrogens is 316 g/mol. The number of carbonyl (C=O) groups excluding carboxylic acids is 1. The summed E-state index contributed by atoms with van der Waals surface area (Å²) in [6, 6.07) is 11.8. The summed E-state index contributed by atoms with van der Waals surface area (Å²) >= 11 is 0. The molecule has 7 heteroatoms. The van der Waals surface area contributed by atoms with Crippen molar-refractivity contribution in [1.82, 2.24) is 29.9 Å². The monoisotopic (exact) mass is 338 g/mol. The molecule has 2 aromatic heterocycles. The third-order valence-corrected chi connectivity index (χ3v) is 3.96. The number of aryl methyl sites for hydroxylation is 1. The molecule has 2 heterocycles. The zero-order valence-corrected chi connectivity index (χ0v) is 14.7. The quantitative estimate of drug-likeness (QED) is 0.748. The van der Waals surface area contributed by atoms with Crippen molar-refractivity contribution in [2.24, 2.45) is 0 Å². The highest BCUT2D eigenvalue weighted by molar-refractivity contribution is 5.92. The molecule has 7 nitrogen and oxygen atoms in total. The van der Waals surface area contributed by atoms with Crippen LogP contribution in [-0.4, -0.2) is 37.0 Å². The second-order valence-electron chi connectivity index (χ2n) is 6.17. The molecule has 25 heavy (non-hydrogen) atoms. The Balaban J connectivity index is 1.63. The molecule has 3 aromatic rings. The van der Waals surface area contributed by atoms with E-state index in [-0.39, 0.29) is 5.91 Å². The maximum atomic E-state index is 12.4. The van der Waals surface area contributed by atoms with E-state index in [9.17, 15) is 4.79 Å². The lowest BCUT2D eigenvalue weighted by Crippen LogP contribution is -2.27. The van der Waals surface area contributed by atoms with Gasteiger partial charge >= 0.3 is 0 Å². The highest BCUT2D eigenvalue weighted by Gasteiger charge is 2.14. The molecule has 1 N–H and O–H groups in total. The fourth-order valence-corrected chi connectivity index (χ4v) is 2.67. The third-order valence-electron chi connectivity index (χ3n) is 3.96. The summed E-state index contributed by atoms with van der Waals surface area (Å²) in [5, 5.41) is 15.4. The molecule has 0 unspecified atom stereocenters. The van der Waals surface area contributed by atoms with Crippen LogP contribution in [-0.2, 0) is 6.42 Å². The van der Waals surface area contributed by atoms with Gasteiger partial charge in [-0.2, -0.15) is 5.10 Å². The van der Waals surface area contributed by atoms with Gasteiger partial charge in [0, 0.05) is 24.7 Å². The normalized spacial score (nSPS) is 11.0. The van der Waals surface area contributed by atoms with Gasteiger partial charge in [0.05, 0.1) is 5.69 Å². The Hall–Kier alpha value is -2.96. The minimum Gasteiger partial charge on any atom is -0.350 e. The van der Waals surface area contributed by atoms with Crippen LogP contribution >= 0.6 is 0 Å². The van der Waals surface area contributed by atoms with E-state index in [2.05, 4.69) is 34.5 Å². The highest BCUT2D eigenvalue weighted by atomic mass is 16.1. The predicted molar refractivity (Wildman–Crippen MR) is 94.7 cm³/mol. The largest absolute Gasteiger partial charge is 0.350 e. The first-order valence-corrected chi connectivity index (χ1v) is 8.35. The summed E-state index contributed by atoms with van der Waals surface area (Å²) in [4.78, 5) is 12.4. The van der Waals surface area contributed by atoms with Crippen LogP contribution in [0.5, 0.6) is 0 Å². The molecule has 0 saturated heterocycles. The molecular formula is C18H22N6O. The molecule has 0 spiro atoms. The first-order chi connectivity index (χ1) is 12.1. The number of benzene rings is 1. The van der Waals surface area contributed by atoms with Crippen molar-refractivity contribution in [3.05, 3.63) is 59.9 Å². The van der Waals surface area contributed by atoms with Crippen LogP contribution in [0, 0.1) is 6.92 Å². The number of carbonyl (C=O) groups is 1. The fourth-order valence-electron chi connectivity index (χ4n) is 2.67. The van der Waals surface area contributed by atoms with Crippen LogP contribution in [0.15, 0.2) is 42.7 Å². The molecule has 0 aliphatic rings. The number of hydrogen-bond acceptors (Lipinski definition) is 4. The first kappa shape index (κ1) is 16.9. The molecule has 0 saturated carbocycles. The van der Waals surface area contributed by atoms with Gasteiger partial charge in [-0.3, -0.25) is 4.79 Å². The van der Waals surface area contributed by atoms with Crippen molar-refractivity contribution in [1.29, 1.82) is 0 Å². The average molecular weight is 338 g/mol. The van der Waals surface area contributed by atoms with Crippen molar-refractivity contribution >= 4 is 5.91 Å². The smallest absolute Gasteiger partial charge is 0.271 e. The topological polar surface area (TPSA) is 77.6 Å². The van der Waals surface area contributed by atoms with E-state index in [0.717, 1.165) is 17.2 Å². The minimum atomic E-state index is -0.187. The third kappa shape index (κ3) is 3.76. The van der Waals surface area contributed by atoms with Crippen molar-refractivity contribution in [3.8, 4) is 5.69 Å². The Morgan fingerprint density at radius 3 is 2.72 bits per heavy atom. The zero-order valence-electron chi connectivity index (χ0n) is 14.7. The maximum Gasteiger partial charge on any atom is 0.271 e. The number of aromatic nitrogens is 5. The van der Waals surface area contributed by atoms with Crippen molar-refractivity contribution < 1.29 is 4.79 Å². The number of nitrogens with zero attached hydrogens (tertiary/aromatic N) is 5. The molecule has 3 rings (SSSR count). The highest BCUT2D eigenvalue weighted by Crippen LogP contribution is 2.12. The molecule has 0 atom stereocenters. The van der Waals surface area contributed by atoms with Gasteiger partial charge in [0.1, 0.15) is 12.2 Å². The van der Waals surface area contributed by atoms with Crippen molar-refractivity contribution in [2.45, 2.75) is 33.2 Å². The van der Waals surface area contributed by atoms with Crippen LogP contribution in [0.25, 0.3) is 5.69 Å². The van der Waals surface area contributed by atoms with Gasteiger partial charge in [0.2, 0.25) is 0 Å². The summed E-state index contributed by atoms with van der Waals surface area (Å²) in [5.41, 5.74) is 2.26. The van der Waals surface area contributed by atoms with E-state index in [0.29, 0.717) is 24.7 Å². The van der Waals surface area contributed by atoms with Crippen LogP contribution < -0.4 is 5.32 Å². The lowest BCUT2D eigenvalue weighted by atomic mass is 10.3. The van der Waals surface area contributed by atoms with E-state index < -0.39 is 0 Å². The number of nitrogens with one attached hydrogen (secondary N) is 1. The molecule has 0 fully saturated rings. The average Bonchev–Trinajstić information content (AvgIpc) is 3.22. The van der Waals surface area contributed by atoms with Crippen LogP contribution in [0.4, 0.5) is 0 Å². The van der Waals surface area contributed by atoms with Crippen molar-refractivity contribution in [3.63, 3.8) is 0 Å². The van der Waals surface area contributed by atoms with E-state index in [1.807, 2.05) is 41.8 Å². The lowest BCUT2D eigenvalue weighted by Gasteiger charge is -2.10. The van der Waals surface area contributed by atoms with Crippen LogP contribution in [0.3, 0.4) is 0 Å².